The molecule has 130 valence electrons. The molecule has 0 atom stereocenters. The molecule has 0 saturated carbocycles. The fraction of sp³-hybridized carbons (Fsp3) is 0.467. The number of aryl methyl sites for hydroxylation is 1. The highest BCUT2D eigenvalue weighted by Gasteiger charge is 2.29. The van der Waals surface area contributed by atoms with Gasteiger partial charge in [0, 0.05) is 49.7 Å². The molecular weight excluding hydrogens is 348 g/mol. The second-order valence-corrected chi connectivity index (χ2v) is 8.81. The zero-order valence-electron chi connectivity index (χ0n) is 13.7. The topological polar surface area (TPSA) is 75.5 Å². The number of rotatable bonds is 4. The molecule has 0 unspecified atom stereocenters. The van der Waals surface area contributed by atoms with Gasteiger partial charge in [-0.3, -0.25) is 4.79 Å². The average molecular weight is 368 g/mol. The lowest BCUT2D eigenvalue weighted by Crippen LogP contribution is -2.46. The van der Waals surface area contributed by atoms with Gasteiger partial charge in [-0.1, -0.05) is 0 Å². The molecule has 1 saturated heterocycles. The molecule has 24 heavy (non-hydrogen) atoms. The third kappa shape index (κ3) is 3.30. The number of hydrogen-bond acceptors (Lipinski definition) is 6. The second kappa shape index (κ2) is 6.75. The Morgan fingerprint density at radius 3 is 2.58 bits per heavy atom. The number of nitrogens with zero attached hydrogens (tertiary/aromatic N) is 4. The summed E-state index contributed by atoms with van der Waals surface area (Å²) >= 11 is 1.19. The van der Waals surface area contributed by atoms with Gasteiger partial charge in [0.25, 0.3) is 15.6 Å². The van der Waals surface area contributed by atoms with Crippen LogP contribution in [0.3, 0.4) is 0 Å². The summed E-state index contributed by atoms with van der Waals surface area (Å²) in [6.45, 7) is 4.80. The minimum Gasteiger partial charge on any atom is -0.304 e. The van der Waals surface area contributed by atoms with Crippen molar-refractivity contribution in [2.45, 2.75) is 17.7 Å². The third-order valence-corrected chi connectivity index (χ3v) is 7.41. The predicted octanol–water partition coefficient (Wildman–Crippen LogP) is 0.928. The summed E-state index contributed by atoms with van der Waals surface area (Å²) in [5, 5.41) is 6.05. The fourth-order valence-electron chi connectivity index (χ4n) is 2.57. The van der Waals surface area contributed by atoms with Crippen molar-refractivity contribution in [3.05, 3.63) is 33.9 Å². The van der Waals surface area contributed by atoms with E-state index in [1.165, 1.54) is 26.4 Å². The summed E-state index contributed by atoms with van der Waals surface area (Å²) in [6.07, 6.45) is 0. The van der Waals surface area contributed by atoms with Crippen molar-refractivity contribution in [1.82, 2.24) is 19.0 Å². The van der Waals surface area contributed by atoms with E-state index in [9.17, 15) is 13.2 Å². The summed E-state index contributed by atoms with van der Waals surface area (Å²) in [7, 11) is -1.48. The summed E-state index contributed by atoms with van der Waals surface area (Å²) in [4.78, 5) is 13.7. The van der Waals surface area contributed by atoms with Crippen molar-refractivity contribution < 1.29 is 8.42 Å². The van der Waals surface area contributed by atoms with Crippen molar-refractivity contribution in [3.8, 4) is 11.3 Å². The number of aromatic nitrogens is 2. The summed E-state index contributed by atoms with van der Waals surface area (Å²) in [5.74, 6) is 0. The monoisotopic (exact) mass is 368 g/mol. The maximum Gasteiger partial charge on any atom is 0.266 e. The van der Waals surface area contributed by atoms with Gasteiger partial charge in [-0.2, -0.15) is 9.40 Å². The molecule has 1 fully saturated rings. The maximum absolute atomic E-state index is 12.8. The van der Waals surface area contributed by atoms with Crippen LogP contribution in [-0.2, 0) is 16.6 Å². The number of thiophene rings is 1. The van der Waals surface area contributed by atoms with E-state index in [0.717, 1.165) is 18.7 Å². The lowest BCUT2D eigenvalue weighted by atomic mass is 10.2. The average Bonchev–Trinajstić information content (AvgIpc) is 3.06. The molecule has 1 aliphatic rings. The quantitative estimate of drug-likeness (QED) is 0.802. The van der Waals surface area contributed by atoms with Gasteiger partial charge in [0.1, 0.15) is 4.21 Å². The molecule has 2 aromatic heterocycles. The van der Waals surface area contributed by atoms with E-state index in [0.29, 0.717) is 29.5 Å². The lowest BCUT2D eigenvalue weighted by Gasteiger charge is -2.31. The van der Waals surface area contributed by atoms with Crippen molar-refractivity contribution in [1.29, 1.82) is 0 Å². The Morgan fingerprint density at radius 1 is 1.21 bits per heavy atom. The van der Waals surface area contributed by atoms with Crippen molar-refractivity contribution in [2.75, 3.05) is 33.2 Å². The number of hydrogen-bond donors (Lipinski definition) is 0. The molecule has 0 N–H and O–H groups in total. The first-order valence-corrected chi connectivity index (χ1v) is 10.1. The Labute approximate surface area is 145 Å². The van der Waals surface area contributed by atoms with Crippen LogP contribution in [0.2, 0.25) is 0 Å². The van der Waals surface area contributed by atoms with Crippen LogP contribution in [0.25, 0.3) is 11.3 Å². The van der Waals surface area contributed by atoms with Crippen molar-refractivity contribution in [2.24, 2.45) is 0 Å². The largest absolute Gasteiger partial charge is 0.304 e. The van der Waals surface area contributed by atoms with Crippen LogP contribution < -0.4 is 5.56 Å². The third-order valence-electron chi connectivity index (χ3n) is 4.09. The number of piperazine rings is 1. The summed E-state index contributed by atoms with van der Waals surface area (Å²) in [6, 6.07) is 4.73. The Morgan fingerprint density at radius 2 is 1.92 bits per heavy atom. The SMILES string of the molecule is CCn1nc(-c2csc(S(=O)(=O)N3CCN(C)CC3)c2)ccc1=O. The van der Waals surface area contributed by atoms with Gasteiger partial charge < -0.3 is 4.90 Å². The highest BCUT2D eigenvalue weighted by Crippen LogP contribution is 2.29. The van der Waals surface area contributed by atoms with Crippen LogP contribution in [0.15, 0.2) is 32.6 Å². The molecule has 0 aliphatic carbocycles. The van der Waals surface area contributed by atoms with E-state index >= 15 is 0 Å². The lowest BCUT2D eigenvalue weighted by molar-refractivity contribution is 0.222. The van der Waals surface area contributed by atoms with Gasteiger partial charge >= 0.3 is 0 Å². The maximum atomic E-state index is 12.8. The molecule has 3 heterocycles. The van der Waals surface area contributed by atoms with Crippen LogP contribution in [0.1, 0.15) is 6.92 Å². The molecular formula is C15H20N4O3S2. The normalized spacial score (nSPS) is 17.2. The first kappa shape index (κ1) is 17.3. The van der Waals surface area contributed by atoms with Gasteiger partial charge in [0.05, 0.1) is 5.69 Å². The smallest absolute Gasteiger partial charge is 0.266 e. The van der Waals surface area contributed by atoms with Crippen LogP contribution >= 0.6 is 11.3 Å². The minimum absolute atomic E-state index is 0.165. The molecule has 0 amide bonds. The molecule has 0 spiro atoms. The van der Waals surface area contributed by atoms with E-state index in [-0.39, 0.29) is 5.56 Å². The Bertz CT molecular complexity index is 880. The van der Waals surface area contributed by atoms with Crippen molar-refractivity contribution in [3.63, 3.8) is 0 Å². The molecule has 0 aromatic carbocycles. The van der Waals surface area contributed by atoms with E-state index in [1.54, 1.807) is 17.5 Å². The van der Waals surface area contributed by atoms with Gasteiger partial charge in [0.15, 0.2) is 0 Å². The van der Waals surface area contributed by atoms with E-state index < -0.39 is 10.0 Å². The Kier molecular flexibility index (Phi) is 4.86. The zero-order chi connectivity index (χ0) is 17.3. The Hall–Kier alpha value is -1.55. The zero-order valence-corrected chi connectivity index (χ0v) is 15.3. The van der Waals surface area contributed by atoms with Gasteiger partial charge in [-0.05, 0) is 26.1 Å². The van der Waals surface area contributed by atoms with Gasteiger partial charge in [0.2, 0.25) is 0 Å². The van der Waals surface area contributed by atoms with Crippen LogP contribution in [-0.4, -0.2) is 60.6 Å². The molecule has 9 heteroatoms. The summed E-state index contributed by atoms with van der Waals surface area (Å²) < 4.78 is 28.7. The first-order valence-electron chi connectivity index (χ1n) is 7.77. The Balaban J connectivity index is 1.89. The van der Waals surface area contributed by atoms with E-state index in [1.807, 2.05) is 14.0 Å². The second-order valence-electron chi connectivity index (χ2n) is 5.73. The molecule has 2 aromatic rings. The van der Waals surface area contributed by atoms with Gasteiger partial charge in [-0.25, -0.2) is 13.1 Å². The van der Waals surface area contributed by atoms with Crippen LogP contribution in [0.4, 0.5) is 0 Å². The highest BCUT2D eigenvalue weighted by molar-refractivity contribution is 7.91. The number of likely N-dealkylation sites (N-methyl/N-ethyl adjacent to an activating group) is 1. The van der Waals surface area contributed by atoms with Gasteiger partial charge in [-0.15, -0.1) is 11.3 Å². The fourth-order valence-corrected chi connectivity index (χ4v) is 5.32. The van der Waals surface area contributed by atoms with Crippen molar-refractivity contribution >= 4 is 21.4 Å². The standard InChI is InChI=1S/C15H20N4O3S2/c1-3-19-14(20)5-4-13(16-19)12-10-15(23-11-12)24(21,22)18-8-6-17(2)7-9-18/h4-5,10-11H,3,6-9H2,1-2H3. The number of sulfonamides is 1. The van der Waals surface area contributed by atoms with E-state index in [2.05, 4.69) is 10.00 Å². The predicted molar refractivity (Wildman–Crippen MR) is 93.7 cm³/mol. The first-order chi connectivity index (χ1) is 11.4. The van der Waals surface area contributed by atoms with Crippen LogP contribution in [0.5, 0.6) is 0 Å². The molecule has 1 aliphatic heterocycles. The molecule has 0 radical (unpaired) electrons. The van der Waals surface area contributed by atoms with Crippen LogP contribution in [0, 0.1) is 0 Å². The highest BCUT2D eigenvalue weighted by atomic mass is 32.2. The minimum atomic E-state index is -3.47. The summed E-state index contributed by atoms with van der Waals surface area (Å²) in [5.41, 5.74) is 1.16. The molecule has 3 rings (SSSR count). The van der Waals surface area contributed by atoms with E-state index in [4.69, 9.17) is 0 Å². The molecule has 0 bridgehead atoms. The molecule has 7 nitrogen and oxygen atoms in total.